The zero-order valence-corrected chi connectivity index (χ0v) is 13.1. The Balaban J connectivity index is 2.42. The number of hydrogen-bond acceptors (Lipinski definition) is 6. The molecule has 8 heteroatoms. The maximum atomic E-state index is 13.3. The fourth-order valence-corrected chi connectivity index (χ4v) is 5.05. The molecule has 1 atom stereocenters. The summed E-state index contributed by atoms with van der Waals surface area (Å²) in [4.78, 5) is 5.90. The van der Waals surface area contributed by atoms with Crippen LogP contribution in [0.4, 0.5) is 10.2 Å². The number of hydrogen-bond donors (Lipinski definition) is 1. The van der Waals surface area contributed by atoms with Crippen molar-refractivity contribution in [3.05, 3.63) is 23.6 Å². The molecule has 2 heterocycles. The summed E-state index contributed by atoms with van der Waals surface area (Å²) >= 11 is 1.61. The molecule has 0 spiro atoms. The van der Waals surface area contributed by atoms with E-state index >= 15 is 0 Å². The normalized spacial score (nSPS) is 20.1. The predicted molar refractivity (Wildman–Crippen MR) is 80.3 cm³/mol. The average molecular weight is 319 g/mol. The van der Waals surface area contributed by atoms with Gasteiger partial charge in [-0.15, -0.1) is 0 Å². The van der Waals surface area contributed by atoms with E-state index in [1.807, 2.05) is 0 Å². The summed E-state index contributed by atoms with van der Waals surface area (Å²) in [6.07, 6.45) is 2.37. The highest BCUT2D eigenvalue weighted by atomic mass is 32.2. The van der Waals surface area contributed by atoms with E-state index in [-0.39, 0.29) is 0 Å². The van der Waals surface area contributed by atoms with Gasteiger partial charge in [-0.1, -0.05) is 0 Å². The molecule has 112 valence electrons. The molecule has 1 unspecified atom stereocenters. The third kappa shape index (κ3) is 3.42. The van der Waals surface area contributed by atoms with Crippen LogP contribution >= 0.6 is 11.8 Å². The van der Waals surface area contributed by atoms with Crippen molar-refractivity contribution in [2.24, 2.45) is 0 Å². The number of aromatic nitrogens is 1. The van der Waals surface area contributed by atoms with E-state index < -0.39 is 21.0 Å². The predicted octanol–water partition coefficient (Wildman–Crippen LogP) is 0.864. The van der Waals surface area contributed by atoms with E-state index in [4.69, 9.17) is 0 Å². The number of sulfone groups is 1. The first-order valence-corrected chi connectivity index (χ1v) is 9.36. The van der Waals surface area contributed by atoms with Gasteiger partial charge in [-0.25, -0.2) is 17.8 Å². The molecule has 1 aromatic heterocycles. The minimum atomic E-state index is -3.21. The molecule has 0 radical (unpaired) electrons. The third-order valence-corrected chi connectivity index (χ3v) is 5.77. The second kappa shape index (κ2) is 6.28. The molecule has 20 heavy (non-hydrogen) atoms. The Bertz CT molecular complexity index is 580. The first-order chi connectivity index (χ1) is 9.43. The van der Waals surface area contributed by atoms with Crippen molar-refractivity contribution in [1.82, 2.24) is 10.3 Å². The van der Waals surface area contributed by atoms with Crippen LogP contribution in [0.3, 0.4) is 0 Å². The van der Waals surface area contributed by atoms with Gasteiger partial charge in [-0.05, 0) is 13.1 Å². The van der Waals surface area contributed by atoms with Crippen molar-refractivity contribution in [1.29, 1.82) is 0 Å². The van der Waals surface area contributed by atoms with Gasteiger partial charge in [-0.3, -0.25) is 0 Å². The molecule has 1 saturated heterocycles. The number of nitrogens with one attached hydrogen (secondary N) is 1. The maximum Gasteiger partial charge on any atom is 0.169 e. The molecule has 0 aromatic carbocycles. The Labute approximate surface area is 122 Å². The fraction of sp³-hybridized carbons (Fsp3) is 0.583. The van der Waals surface area contributed by atoms with Crippen LogP contribution in [0.25, 0.3) is 0 Å². The fourth-order valence-electron chi connectivity index (χ4n) is 2.23. The molecule has 0 saturated carbocycles. The van der Waals surface area contributed by atoms with Crippen molar-refractivity contribution in [3.63, 3.8) is 0 Å². The summed E-state index contributed by atoms with van der Waals surface area (Å²) in [6.45, 7) is 1.04. The van der Waals surface area contributed by atoms with Crippen molar-refractivity contribution in [3.8, 4) is 0 Å². The molecule has 0 aliphatic carbocycles. The molecule has 1 fully saturated rings. The Kier molecular flexibility index (Phi) is 4.87. The van der Waals surface area contributed by atoms with Crippen molar-refractivity contribution in [2.45, 2.75) is 11.9 Å². The van der Waals surface area contributed by atoms with E-state index in [2.05, 4.69) is 10.3 Å². The standard InChI is InChI=1S/C12H18FN3O2S2/c1-14-6-9-5-10(13)7-15-12(9)16-3-4-19-8-11(16)20(2,17)18/h5,7,11,14H,3-4,6,8H2,1-2H3. The highest BCUT2D eigenvalue weighted by Crippen LogP contribution is 2.28. The minimum Gasteiger partial charge on any atom is -0.338 e. The number of anilines is 1. The summed E-state index contributed by atoms with van der Waals surface area (Å²) in [5, 5.41) is 2.35. The second-order valence-corrected chi connectivity index (χ2v) is 8.07. The minimum absolute atomic E-state index is 0.415. The summed E-state index contributed by atoms with van der Waals surface area (Å²) in [6, 6.07) is 1.40. The molecule has 1 N–H and O–H groups in total. The quantitative estimate of drug-likeness (QED) is 0.888. The molecule has 0 bridgehead atoms. The van der Waals surface area contributed by atoms with Gasteiger partial charge in [0.15, 0.2) is 9.84 Å². The SMILES string of the molecule is CNCc1cc(F)cnc1N1CCSCC1S(C)(=O)=O. The lowest BCUT2D eigenvalue weighted by Crippen LogP contribution is -2.48. The molecule has 1 aliphatic rings. The van der Waals surface area contributed by atoms with E-state index in [1.54, 1.807) is 23.7 Å². The van der Waals surface area contributed by atoms with Crippen LogP contribution in [0.2, 0.25) is 0 Å². The molecular weight excluding hydrogens is 301 g/mol. The topological polar surface area (TPSA) is 62.3 Å². The van der Waals surface area contributed by atoms with Crippen LogP contribution in [0, 0.1) is 5.82 Å². The van der Waals surface area contributed by atoms with Gasteiger partial charge in [0, 0.05) is 36.4 Å². The van der Waals surface area contributed by atoms with Crippen molar-refractivity contribution >= 4 is 27.4 Å². The van der Waals surface area contributed by atoms with Gasteiger partial charge >= 0.3 is 0 Å². The van der Waals surface area contributed by atoms with Crippen LogP contribution in [-0.2, 0) is 16.4 Å². The Morgan fingerprint density at radius 1 is 1.60 bits per heavy atom. The van der Waals surface area contributed by atoms with E-state index in [0.717, 1.165) is 11.9 Å². The van der Waals surface area contributed by atoms with Gasteiger partial charge in [-0.2, -0.15) is 11.8 Å². The maximum absolute atomic E-state index is 13.3. The Hall–Kier alpha value is -0.860. The number of pyridine rings is 1. The van der Waals surface area contributed by atoms with Crippen LogP contribution in [0.1, 0.15) is 5.56 Å². The monoisotopic (exact) mass is 319 g/mol. The second-order valence-electron chi connectivity index (χ2n) is 4.72. The summed E-state index contributed by atoms with van der Waals surface area (Å²) in [7, 11) is -1.46. The zero-order chi connectivity index (χ0) is 14.8. The van der Waals surface area contributed by atoms with Gasteiger partial charge in [0.2, 0.25) is 0 Å². The van der Waals surface area contributed by atoms with Gasteiger partial charge in [0.25, 0.3) is 0 Å². The van der Waals surface area contributed by atoms with Crippen molar-refractivity contribution in [2.75, 3.05) is 36.3 Å². The Morgan fingerprint density at radius 2 is 2.35 bits per heavy atom. The lowest BCUT2D eigenvalue weighted by atomic mass is 10.2. The molecule has 5 nitrogen and oxygen atoms in total. The first-order valence-electron chi connectivity index (χ1n) is 6.25. The van der Waals surface area contributed by atoms with Crippen LogP contribution in [0.15, 0.2) is 12.3 Å². The molecule has 2 rings (SSSR count). The largest absolute Gasteiger partial charge is 0.338 e. The molecule has 1 aromatic rings. The smallest absolute Gasteiger partial charge is 0.169 e. The first kappa shape index (κ1) is 15.5. The lowest BCUT2D eigenvalue weighted by molar-refractivity contribution is 0.582. The highest BCUT2D eigenvalue weighted by molar-refractivity contribution is 8.01. The van der Waals surface area contributed by atoms with Crippen LogP contribution in [-0.4, -0.2) is 50.1 Å². The van der Waals surface area contributed by atoms with Crippen molar-refractivity contribution < 1.29 is 12.8 Å². The van der Waals surface area contributed by atoms with E-state index in [0.29, 0.717) is 30.2 Å². The van der Waals surface area contributed by atoms with E-state index in [9.17, 15) is 12.8 Å². The molecular formula is C12H18FN3O2S2. The van der Waals surface area contributed by atoms with Crippen LogP contribution in [0.5, 0.6) is 0 Å². The van der Waals surface area contributed by atoms with Crippen LogP contribution < -0.4 is 10.2 Å². The number of rotatable bonds is 4. The summed E-state index contributed by atoms with van der Waals surface area (Å²) in [5.74, 6) is 1.48. The Morgan fingerprint density at radius 3 is 3.00 bits per heavy atom. The average Bonchev–Trinajstić information content (AvgIpc) is 2.38. The molecule has 0 amide bonds. The summed E-state index contributed by atoms with van der Waals surface area (Å²) in [5.41, 5.74) is 0.674. The third-order valence-electron chi connectivity index (χ3n) is 3.13. The number of nitrogens with zero attached hydrogens (tertiary/aromatic N) is 2. The molecule has 1 aliphatic heterocycles. The summed E-state index contributed by atoms with van der Waals surface area (Å²) < 4.78 is 37.2. The van der Waals surface area contributed by atoms with Gasteiger partial charge < -0.3 is 10.2 Å². The lowest BCUT2D eigenvalue weighted by Gasteiger charge is -2.36. The van der Waals surface area contributed by atoms with Gasteiger partial charge in [0.05, 0.1) is 6.20 Å². The van der Waals surface area contributed by atoms with Gasteiger partial charge in [0.1, 0.15) is 17.0 Å². The highest BCUT2D eigenvalue weighted by Gasteiger charge is 2.33. The number of thioether (sulfide) groups is 1. The number of halogens is 1. The van der Waals surface area contributed by atoms with E-state index in [1.165, 1.54) is 12.3 Å². The zero-order valence-electron chi connectivity index (χ0n) is 11.5.